The molecule has 4 heterocycles. The topological polar surface area (TPSA) is 310 Å². The molecule has 38 heteroatoms. The quantitative estimate of drug-likeness (QED) is 0.0685. The van der Waals surface area contributed by atoms with E-state index in [1.54, 1.807) is 83.1 Å². The van der Waals surface area contributed by atoms with Crippen LogP contribution in [0.2, 0.25) is 0 Å². The number of halogens is 16. The van der Waals surface area contributed by atoms with Gasteiger partial charge in [-0.3, -0.25) is 58.0 Å². The van der Waals surface area contributed by atoms with E-state index in [0.29, 0.717) is 71.6 Å². The van der Waals surface area contributed by atoms with Crippen molar-refractivity contribution < 1.29 is 117 Å². The summed E-state index contributed by atoms with van der Waals surface area (Å²) in [5.74, 6) is -11.3. The third-order valence-electron chi connectivity index (χ3n) is 13.7. The zero-order valence-corrected chi connectivity index (χ0v) is 78.0. The minimum atomic E-state index is -1.47. The second kappa shape index (κ2) is 32.5. The van der Waals surface area contributed by atoms with Crippen LogP contribution in [-0.4, -0.2) is 115 Å². The molecule has 0 unspecified atom stereocenters. The molecule has 0 aromatic heterocycles. The Bertz CT molecular complexity index is 3350. The zero-order valence-electron chi connectivity index (χ0n) is 49.3. The van der Waals surface area contributed by atoms with Gasteiger partial charge in [-0.1, -0.05) is 83.1 Å². The zero-order chi connectivity index (χ0) is 71.4. The van der Waals surface area contributed by atoms with Crippen LogP contribution in [0.25, 0.3) is 0 Å². The third-order valence-corrected chi connectivity index (χ3v) is 32.8. The molecule has 4 aliphatic heterocycles. The van der Waals surface area contributed by atoms with Crippen molar-refractivity contribution in [1.82, 2.24) is 19.6 Å². The smallest absolute Gasteiger partial charge is 0.548 e. The van der Waals surface area contributed by atoms with Crippen LogP contribution in [-0.2, 0) is 58.1 Å². The first-order chi connectivity index (χ1) is 41.6. The van der Waals surface area contributed by atoms with E-state index in [1.807, 2.05) is 0 Å². The largest absolute Gasteiger partial charge is 2.00 e. The molecule has 4 aliphatic rings. The van der Waals surface area contributed by atoms with Crippen molar-refractivity contribution >= 4 is 326 Å². The van der Waals surface area contributed by atoms with Crippen LogP contribution in [0.1, 0.15) is 166 Å². The molecule has 20 nitrogen and oxygen atoms in total. The number of hydrogen-bond acceptors (Lipinski definition) is 16. The molecule has 510 valence electrons. The number of rotatable bonds is 8. The fraction of sp³-hybridized carbons (Fsp3) is 0.357. The van der Waals surface area contributed by atoms with Gasteiger partial charge < -0.3 is 39.6 Å². The number of carboxylic acid groups (broad SMARTS) is 4. The first-order valence-corrected chi connectivity index (χ1v) is 38.1. The molecule has 0 aliphatic carbocycles. The van der Waals surface area contributed by atoms with E-state index in [-0.39, 0.29) is 83.5 Å². The van der Waals surface area contributed by atoms with E-state index >= 15 is 0 Å². The monoisotopic (exact) mass is 2490 g/mol. The minimum Gasteiger partial charge on any atom is -0.548 e. The summed E-state index contributed by atoms with van der Waals surface area (Å²) in [6.07, 6.45) is 0. The Morgan fingerprint density at radius 2 is 0.319 bits per heavy atom. The number of fused-ring (bicyclic) bond motifs is 4. The van der Waals surface area contributed by atoms with Gasteiger partial charge in [0.15, 0.2) is 0 Å². The van der Waals surface area contributed by atoms with Crippen molar-refractivity contribution in [3.63, 3.8) is 0 Å². The molecule has 0 spiro atoms. The fourth-order valence-electron chi connectivity index (χ4n) is 9.79. The van der Waals surface area contributed by atoms with E-state index in [9.17, 15) is 78.0 Å². The minimum absolute atomic E-state index is 0. The molecule has 0 saturated heterocycles. The van der Waals surface area contributed by atoms with Crippen molar-refractivity contribution in [2.24, 2.45) is 21.7 Å². The van der Waals surface area contributed by atoms with Gasteiger partial charge in [0.25, 0.3) is 47.3 Å². The second-order valence-corrected chi connectivity index (χ2v) is 37.0. The van der Waals surface area contributed by atoms with Gasteiger partial charge in [0.05, 0.1) is 92.6 Å². The van der Waals surface area contributed by atoms with Gasteiger partial charge >= 0.3 is 39.0 Å². The third kappa shape index (κ3) is 16.4. The molecule has 4 aromatic carbocycles. The molecule has 0 bridgehead atoms. The number of carboxylic acids is 4. The predicted octanol–water partition coefficient (Wildman–Crippen LogP) is 14.0. The number of benzene rings is 4. The summed E-state index contributed by atoms with van der Waals surface area (Å²) < 4.78 is 7.45. The van der Waals surface area contributed by atoms with Crippen molar-refractivity contribution in [2.45, 2.75) is 107 Å². The number of carbonyl (C=O) groups is 12. The standard InChI is InChI=1S/4C14H11Br4NO4.2Rh/c4*1-14(2,3)10(13(22)23)19-11(20)4-5(12(19)21)7(16)9(18)8(17)6(4)15;;/h4*10H,1-3H3,(H,22,23);;/q;;;;2*+2/p-4/t4*10-;;/m1111../s1. The van der Waals surface area contributed by atoms with Crippen LogP contribution in [0.5, 0.6) is 0 Å². The molecule has 8 rings (SSSR count). The maximum atomic E-state index is 12.8. The van der Waals surface area contributed by atoms with Crippen LogP contribution in [0, 0.1) is 21.7 Å². The van der Waals surface area contributed by atoms with Gasteiger partial charge in [0.1, 0.15) is 0 Å². The number of imide groups is 4. The molecule has 94 heavy (non-hydrogen) atoms. The molecule has 0 saturated carbocycles. The summed E-state index contributed by atoms with van der Waals surface area (Å²) in [6.45, 7) is 19.6. The molecule has 0 N–H and O–H groups in total. The van der Waals surface area contributed by atoms with Gasteiger partial charge in [-0.25, -0.2) is 0 Å². The van der Waals surface area contributed by atoms with Crippen LogP contribution < -0.4 is 20.4 Å². The van der Waals surface area contributed by atoms with Crippen molar-refractivity contribution in [3.05, 3.63) is 116 Å². The average Bonchev–Trinajstić information content (AvgIpc) is 1.61. The Balaban J connectivity index is 0.000000325. The summed E-state index contributed by atoms with van der Waals surface area (Å²) in [6, 6.07) is -5.53. The first-order valence-electron chi connectivity index (χ1n) is 25.4. The van der Waals surface area contributed by atoms with Gasteiger partial charge in [-0.05, 0) is 277 Å². The van der Waals surface area contributed by atoms with Crippen LogP contribution in [0.4, 0.5) is 0 Å². The number of hydrogen-bond donors (Lipinski definition) is 0. The molecule has 2 radical (unpaired) electrons. The van der Waals surface area contributed by atoms with E-state index in [1.165, 1.54) is 0 Å². The van der Waals surface area contributed by atoms with Crippen LogP contribution >= 0.6 is 255 Å². The molecule has 0 fully saturated rings. The van der Waals surface area contributed by atoms with Gasteiger partial charge in [-0.2, -0.15) is 0 Å². The SMILES string of the molecule is CC(C)(C)[C@@H](C(=O)[O-])N1C(=O)c2c(Br)c(Br)c(Br)c(Br)c2C1=O.CC(C)(C)[C@@H](C(=O)[O-])N1C(=O)c2c(Br)c(Br)c(Br)c(Br)c2C1=O.CC(C)(C)[C@@H](C(=O)[O-])N1C(=O)c2c(Br)c(Br)c(Br)c(Br)c2C1=O.CC(C)(C)[C@@H](C(=O)[O-])N1C(=O)c2c(Br)c(Br)c(Br)c(Br)c2C1=O.[Rh+2].[Rh+2]. The summed E-state index contributed by atoms with van der Waals surface area (Å²) in [4.78, 5) is 151. The van der Waals surface area contributed by atoms with Crippen molar-refractivity contribution in [1.29, 1.82) is 0 Å². The maximum absolute atomic E-state index is 12.8. The molecule has 4 atom stereocenters. The predicted molar refractivity (Wildman–Crippen MR) is 384 cm³/mol. The summed E-state index contributed by atoms with van der Waals surface area (Å²) >= 11 is 52.9. The van der Waals surface area contributed by atoms with E-state index in [0.717, 1.165) is 19.6 Å². The summed E-state index contributed by atoms with van der Waals surface area (Å²) in [7, 11) is 0. The van der Waals surface area contributed by atoms with Gasteiger partial charge in [-0.15, -0.1) is 0 Å². The number of amides is 8. The number of carbonyl (C=O) groups excluding carboxylic acids is 12. The van der Waals surface area contributed by atoms with Crippen molar-refractivity contribution in [2.75, 3.05) is 0 Å². The molecule has 4 aromatic rings. The summed E-state index contributed by atoms with van der Waals surface area (Å²) in [5.41, 5.74) is -2.56. The molecular formula is C56H40Br16N4O16Rh2. The Morgan fingerprint density at radius 3 is 0.383 bits per heavy atom. The van der Waals surface area contributed by atoms with E-state index in [4.69, 9.17) is 0 Å². The Kier molecular flexibility index (Phi) is 30.6. The number of nitrogens with zero attached hydrogens (tertiary/aromatic N) is 4. The van der Waals surface area contributed by atoms with Crippen molar-refractivity contribution in [3.8, 4) is 0 Å². The molecular weight excluding hydrogens is 2470 g/mol. The maximum Gasteiger partial charge on any atom is 2.00 e. The average molecular weight is 2510 g/mol. The molecule has 8 amide bonds. The Morgan fingerprint density at radius 1 is 0.234 bits per heavy atom. The normalized spacial score (nSPS) is 15.5. The fourth-order valence-corrected chi connectivity index (χ4v) is 19.6. The first kappa shape index (κ1) is 88.5. The van der Waals surface area contributed by atoms with Crippen LogP contribution in [0.15, 0.2) is 71.6 Å². The number of aliphatic carboxylic acids is 4. The van der Waals surface area contributed by atoms with E-state index in [2.05, 4.69) is 255 Å². The van der Waals surface area contributed by atoms with Gasteiger partial charge in [0, 0.05) is 71.6 Å². The summed E-state index contributed by atoms with van der Waals surface area (Å²) in [5, 5.41) is 46.3. The second-order valence-electron chi connectivity index (χ2n) is 24.3. The van der Waals surface area contributed by atoms with Crippen LogP contribution in [0.3, 0.4) is 0 Å². The Hall–Kier alpha value is 0.247. The Labute approximate surface area is 697 Å². The van der Waals surface area contributed by atoms with Gasteiger partial charge in [0.2, 0.25) is 0 Å². The van der Waals surface area contributed by atoms with E-state index < -0.39 is 117 Å².